The number of aliphatic hydroxyl groups excluding tert-OH is 1. The molecule has 0 aliphatic rings. The van der Waals surface area contributed by atoms with E-state index in [1.54, 1.807) is 11.8 Å². The fourth-order valence-electron chi connectivity index (χ4n) is 2.48. The van der Waals surface area contributed by atoms with Crippen molar-refractivity contribution in [2.75, 3.05) is 12.4 Å². The van der Waals surface area contributed by atoms with Crippen LogP contribution in [-0.4, -0.2) is 23.2 Å². The summed E-state index contributed by atoms with van der Waals surface area (Å²) in [6.45, 7) is 0.152. The molecule has 3 aromatic carbocycles. The number of carbonyl (C=O) groups is 1. The maximum absolute atomic E-state index is 12.6. The molecule has 2 nitrogen and oxygen atoms in total. The van der Waals surface area contributed by atoms with Crippen LogP contribution in [0.5, 0.6) is 0 Å². The van der Waals surface area contributed by atoms with Crippen LogP contribution in [-0.2, 0) is 0 Å². The van der Waals surface area contributed by atoms with Gasteiger partial charge in [0.05, 0.1) is 6.61 Å². The zero-order chi connectivity index (χ0) is 16.8. The van der Waals surface area contributed by atoms with E-state index in [1.165, 1.54) is 0 Å². The predicted molar refractivity (Wildman–Crippen MR) is 99.6 cm³/mol. The van der Waals surface area contributed by atoms with Crippen LogP contribution in [0.25, 0.3) is 11.1 Å². The summed E-state index contributed by atoms with van der Waals surface area (Å²) in [6.07, 6.45) is 0. The van der Waals surface area contributed by atoms with Crippen molar-refractivity contribution < 1.29 is 9.90 Å². The van der Waals surface area contributed by atoms with Crippen molar-refractivity contribution in [3.63, 3.8) is 0 Å². The molecule has 0 aliphatic heterocycles. The molecular formula is C21H18O2S. The molecule has 0 aliphatic carbocycles. The van der Waals surface area contributed by atoms with Crippen LogP contribution in [0.1, 0.15) is 15.9 Å². The van der Waals surface area contributed by atoms with E-state index in [2.05, 4.69) is 12.1 Å². The fourth-order valence-corrected chi connectivity index (χ4v) is 3.13. The van der Waals surface area contributed by atoms with Crippen LogP contribution < -0.4 is 0 Å². The van der Waals surface area contributed by atoms with Gasteiger partial charge in [0, 0.05) is 21.8 Å². The van der Waals surface area contributed by atoms with Crippen LogP contribution in [0.3, 0.4) is 0 Å². The second-order valence-electron chi connectivity index (χ2n) is 5.37. The lowest BCUT2D eigenvalue weighted by atomic mass is 9.99. The molecule has 0 heterocycles. The van der Waals surface area contributed by atoms with Crippen molar-refractivity contribution in [3.8, 4) is 11.1 Å². The van der Waals surface area contributed by atoms with Gasteiger partial charge in [0.25, 0.3) is 0 Å². The molecule has 0 fully saturated rings. The van der Waals surface area contributed by atoms with E-state index in [0.717, 1.165) is 16.0 Å². The highest BCUT2D eigenvalue weighted by Crippen LogP contribution is 2.22. The number of rotatable bonds is 6. The second kappa shape index (κ2) is 7.95. The monoisotopic (exact) mass is 334 g/mol. The highest BCUT2D eigenvalue weighted by atomic mass is 32.2. The second-order valence-corrected chi connectivity index (χ2v) is 6.54. The van der Waals surface area contributed by atoms with Crippen LogP contribution in [0.2, 0.25) is 0 Å². The first-order valence-corrected chi connectivity index (χ1v) is 8.80. The Labute approximate surface area is 146 Å². The first kappa shape index (κ1) is 16.5. The van der Waals surface area contributed by atoms with Gasteiger partial charge in [-0.2, -0.15) is 0 Å². The molecule has 0 saturated heterocycles. The minimum Gasteiger partial charge on any atom is -0.396 e. The van der Waals surface area contributed by atoms with Crippen molar-refractivity contribution in [2.24, 2.45) is 0 Å². The lowest BCUT2D eigenvalue weighted by Crippen LogP contribution is -2.00. The average molecular weight is 334 g/mol. The summed E-state index contributed by atoms with van der Waals surface area (Å²) in [4.78, 5) is 13.6. The molecule has 1 N–H and O–H groups in total. The third-order valence-corrected chi connectivity index (χ3v) is 4.72. The van der Waals surface area contributed by atoms with Gasteiger partial charge in [0.15, 0.2) is 5.78 Å². The third-order valence-electron chi connectivity index (χ3n) is 3.73. The van der Waals surface area contributed by atoms with E-state index in [9.17, 15) is 4.79 Å². The summed E-state index contributed by atoms with van der Waals surface area (Å²) in [5, 5.41) is 8.85. The largest absolute Gasteiger partial charge is 0.396 e. The van der Waals surface area contributed by atoms with E-state index < -0.39 is 0 Å². The van der Waals surface area contributed by atoms with E-state index in [4.69, 9.17) is 5.11 Å². The standard InChI is InChI=1S/C21H18O2S/c22-14-15-24-20-12-10-19(11-13-20)21(23)18-8-6-17(7-9-18)16-4-2-1-3-5-16/h1-13,22H,14-15H2. The summed E-state index contributed by atoms with van der Waals surface area (Å²) < 4.78 is 0. The molecule has 0 spiro atoms. The van der Waals surface area contributed by atoms with Crippen molar-refractivity contribution in [3.05, 3.63) is 90.0 Å². The normalized spacial score (nSPS) is 10.5. The summed E-state index contributed by atoms with van der Waals surface area (Å²) in [7, 11) is 0. The van der Waals surface area contributed by atoms with E-state index in [1.807, 2.05) is 66.7 Å². The van der Waals surface area contributed by atoms with Gasteiger partial charge in [-0.25, -0.2) is 0 Å². The van der Waals surface area contributed by atoms with Crippen molar-refractivity contribution in [2.45, 2.75) is 4.90 Å². The van der Waals surface area contributed by atoms with Crippen molar-refractivity contribution in [1.29, 1.82) is 0 Å². The Balaban J connectivity index is 1.75. The van der Waals surface area contributed by atoms with E-state index in [-0.39, 0.29) is 12.4 Å². The molecule has 0 unspecified atom stereocenters. The molecule has 24 heavy (non-hydrogen) atoms. The zero-order valence-corrected chi connectivity index (χ0v) is 14.0. The molecule has 0 saturated carbocycles. The Morgan fingerprint density at radius 1 is 0.750 bits per heavy atom. The summed E-state index contributed by atoms with van der Waals surface area (Å²) >= 11 is 1.57. The predicted octanol–water partition coefficient (Wildman–Crippen LogP) is 4.67. The Kier molecular flexibility index (Phi) is 5.47. The smallest absolute Gasteiger partial charge is 0.193 e. The maximum Gasteiger partial charge on any atom is 0.193 e. The SMILES string of the molecule is O=C(c1ccc(SCCO)cc1)c1ccc(-c2ccccc2)cc1. The Morgan fingerprint density at radius 3 is 1.88 bits per heavy atom. The van der Waals surface area contributed by atoms with E-state index in [0.29, 0.717) is 16.9 Å². The molecule has 0 aromatic heterocycles. The van der Waals surface area contributed by atoms with Gasteiger partial charge in [-0.15, -0.1) is 11.8 Å². The van der Waals surface area contributed by atoms with Crippen LogP contribution >= 0.6 is 11.8 Å². The molecular weight excluding hydrogens is 316 g/mol. The van der Waals surface area contributed by atoms with Crippen LogP contribution in [0.15, 0.2) is 83.8 Å². The van der Waals surface area contributed by atoms with Crippen molar-refractivity contribution >= 4 is 17.5 Å². The minimum atomic E-state index is 0.0216. The van der Waals surface area contributed by atoms with Gasteiger partial charge >= 0.3 is 0 Å². The van der Waals surface area contributed by atoms with Crippen LogP contribution in [0.4, 0.5) is 0 Å². The fraction of sp³-hybridized carbons (Fsp3) is 0.0952. The van der Waals surface area contributed by atoms with Gasteiger partial charge in [-0.05, 0) is 35.4 Å². The summed E-state index contributed by atoms with van der Waals surface area (Å²) in [6, 6.07) is 25.3. The topological polar surface area (TPSA) is 37.3 Å². The molecule has 0 bridgehead atoms. The minimum absolute atomic E-state index is 0.0216. The van der Waals surface area contributed by atoms with Gasteiger partial charge < -0.3 is 5.11 Å². The highest BCUT2D eigenvalue weighted by molar-refractivity contribution is 7.99. The molecule has 0 atom stereocenters. The van der Waals surface area contributed by atoms with Gasteiger partial charge in [0.2, 0.25) is 0 Å². The number of hydrogen-bond acceptors (Lipinski definition) is 3. The molecule has 120 valence electrons. The zero-order valence-electron chi connectivity index (χ0n) is 13.2. The Morgan fingerprint density at radius 2 is 1.29 bits per heavy atom. The Hall–Kier alpha value is -2.36. The molecule has 3 rings (SSSR count). The molecule has 3 aromatic rings. The molecule has 0 amide bonds. The first-order valence-electron chi connectivity index (χ1n) is 7.82. The number of thioether (sulfide) groups is 1. The van der Waals surface area contributed by atoms with Crippen molar-refractivity contribution in [1.82, 2.24) is 0 Å². The average Bonchev–Trinajstić information content (AvgIpc) is 2.67. The van der Waals surface area contributed by atoms with Gasteiger partial charge in [-0.1, -0.05) is 54.6 Å². The quantitative estimate of drug-likeness (QED) is 0.526. The maximum atomic E-state index is 12.6. The lowest BCUT2D eigenvalue weighted by Gasteiger charge is -2.05. The summed E-state index contributed by atoms with van der Waals surface area (Å²) in [5.74, 6) is 0.683. The van der Waals surface area contributed by atoms with Crippen LogP contribution in [0, 0.1) is 0 Å². The first-order chi connectivity index (χ1) is 11.8. The Bertz CT molecular complexity index is 794. The van der Waals surface area contributed by atoms with E-state index >= 15 is 0 Å². The number of hydrogen-bond donors (Lipinski definition) is 1. The number of aliphatic hydroxyl groups is 1. The number of carbonyl (C=O) groups excluding carboxylic acids is 1. The van der Waals surface area contributed by atoms with Gasteiger partial charge in [0.1, 0.15) is 0 Å². The molecule has 0 radical (unpaired) electrons. The highest BCUT2D eigenvalue weighted by Gasteiger charge is 2.09. The van der Waals surface area contributed by atoms with Gasteiger partial charge in [-0.3, -0.25) is 4.79 Å². The number of ketones is 1. The lowest BCUT2D eigenvalue weighted by molar-refractivity contribution is 0.103. The number of benzene rings is 3. The summed E-state index contributed by atoms with van der Waals surface area (Å²) in [5.41, 5.74) is 3.60. The molecule has 3 heteroatoms. The third kappa shape index (κ3) is 3.94.